The number of amidine groups is 1. The van der Waals surface area contributed by atoms with Crippen molar-refractivity contribution < 1.29 is 4.42 Å². The van der Waals surface area contributed by atoms with Gasteiger partial charge in [0.2, 0.25) is 0 Å². The van der Waals surface area contributed by atoms with Crippen molar-refractivity contribution in [2.45, 2.75) is 38.6 Å². The Bertz CT molecular complexity index is 325. The third kappa shape index (κ3) is 3.11. The molecule has 0 bridgehead atoms. The summed E-state index contributed by atoms with van der Waals surface area (Å²) in [6, 6.07) is 4.22. The van der Waals surface area contributed by atoms with Crippen molar-refractivity contribution >= 4 is 5.84 Å². The molecule has 3 nitrogen and oxygen atoms in total. The first-order valence-electron chi connectivity index (χ1n) is 5.61. The highest BCUT2D eigenvalue weighted by Gasteiger charge is 2.25. The minimum Gasteiger partial charge on any atom is -0.469 e. The van der Waals surface area contributed by atoms with Crippen LogP contribution in [0.3, 0.4) is 0 Å². The van der Waals surface area contributed by atoms with E-state index in [1.165, 1.54) is 12.8 Å². The van der Waals surface area contributed by atoms with Crippen LogP contribution in [-0.2, 0) is 6.42 Å². The number of aryl methyl sites for hydroxylation is 1. The fourth-order valence-corrected chi connectivity index (χ4v) is 1.61. The quantitative estimate of drug-likeness (QED) is 0.594. The maximum Gasteiger partial charge on any atom is 0.103 e. The van der Waals surface area contributed by atoms with Crippen molar-refractivity contribution in [2.75, 3.05) is 0 Å². The van der Waals surface area contributed by atoms with Crippen LogP contribution in [0.25, 0.3) is 0 Å². The number of rotatable bonds is 5. The van der Waals surface area contributed by atoms with Crippen LogP contribution < -0.4 is 5.73 Å². The number of furan rings is 1. The monoisotopic (exact) mass is 206 g/mol. The molecular weight excluding hydrogens is 188 g/mol. The standard InChI is InChI=1S/C12H18N2O/c1-9(14-12(13)10-5-6-10)4-7-11-3-2-8-15-11/h2-3,8-10H,4-7H2,1H3,(H2,13,14). The lowest BCUT2D eigenvalue weighted by atomic mass is 10.1. The van der Waals surface area contributed by atoms with E-state index in [9.17, 15) is 0 Å². The van der Waals surface area contributed by atoms with E-state index < -0.39 is 0 Å². The summed E-state index contributed by atoms with van der Waals surface area (Å²) < 4.78 is 5.27. The van der Waals surface area contributed by atoms with E-state index in [4.69, 9.17) is 10.2 Å². The molecule has 1 aromatic rings. The van der Waals surface area contributed by atoms with Crippen molar-refractivity contribution in [1.29, 1.82) is 0 Å². The average molecular weight is 206 g/mol. The highest BCUT2D eigenvalue weighted by molar-refractivity contribution is 5.85. The fraction of sp³-hybridized carbons (Fsp3) is 0.583. The van der Waals surface area contributed by atoms with Crippen LogP contribution in [0.1, 0.15) is 31.9 Å². The van der Waals surface area contributed by atoms with Gasteiger partial charge in [0.1, 0.15) is 5.76 Å². The second kappa shape index (κ2) is 4.51. The Morgan fingerprint density at radius 3 is 3.07 bits per heavy atom. The maximum atomic E-state index is 5.86. The normalized spacial score (nSPS) is 19.1. The molecule has 2 rings (SSSR count). The van der Waals surface area contributed by atoms with Crippen LogP contribution in [0.15, 0.2) is 27.8 Å². The van der Waals surface area contributed by atoms with Gasteiger partial charge in [0, 0.05) is 18.4 Å². The Morgan fingerprint density at radius 1 is 1.67 bits per heavy atom. The first-order chi connectivity index (χ1) is 7.25. The van der Waals surface area contributed by atoms with Gasteiger partial charge in [-0.3, -0.25) is 4.99 Å². The summed E-state index contributed by atoms with van der Waals surface area (Å²) in [4.78, 5) is 4.49. The van der Waals surface area contributed by atoms with Gasteiger partial charge >= 0.3 is 0 Å². The zero-order chi connectivity index (χ0) is 10.7. The van der Waals surface area contributed by atoms with Crippen LogP contribution in [0.4, 0.5) is 0 Å². The zero-order valence-corrected chi connectivity index (χ0v) is 9.15. The van der Waals surface area contributed by atoms with Crippen molar-refractivity contribution in [3.8, 4) is 0 Å². The van der Waals surface area contributed by atoms with Crippen LogP contribution in [0.2, 0.25) is 0 Å². The van der Waals surface area contributed by atoms with Gasteiger partial charge in [-0.25, -0.2) is 0 Å². The zero-order valence-electron chi connectivity index (χ0n) is 9.15. The fourth-order valence-electron chi connectivity index (χ4n) is 1.61. The van der Waals surface area contributed by atoms with Crippen molar-refractivity contribution in [3.63, 3.8) is 0 Å². The molecule has 3 heteroatoms. The molecular formula is C12H18N2O. The van der Waals surface area contributed by atoms with Gasteiger partial charge in [0.15, 0.2) is 0 Å². The van der Waals surface area contributed by atoms with Gasteiger partial charge in [-0.1, -0.05) is 0 Å². The molecule has 1 fully saturated rings. The summed E-state index contributed by atoms with van der Waals surface area (Å²) in [5.74, 6) is 2.46. The Hall–Kier alpha value is -1.25. The van der Waals surface area contributed by atoms with Gasteiger partial charge in [0.05, 0.1) is 12.1 Å². The molecule has 1 atom stereocenters. The van der Waals surface area contributed by atoms with Crippen LogP contribution in [-0.4, -0.2) is 11.9 Å². The van der Waals surface area contributed by atoms with Crippen molar-refractivity contribution in [3.05, 3.63) is 24.2 Å². The molecule has 1 aliphatic carbocycles. The molecule has 1 unspecified atom stereocenters. The molecule has 0 saturated heterocycles. The topological polar surface area (TPSA) is 51.5 Å². The Morgan fingerprint density at radius 2 is 2.47 bits per heavy atom. The molecule has 1 aliphatic rings. The summed E-state index contributed by atoms with van der Waals surface area (Å²) in [5.41, 5.74) is 5.86. The van der Waals surface area contributed by atoms with Crippen LogP contribution in [0.5, 0.6) is 0 Å². The summed E-state index contributed by atoms with van der Waals surface area (Å²) >= 11 is 0. The number of nitrogens with two attached hydrogens (primary N) is 1. The number of aliphatic imine (C=N–C) groups is 1. The summed E-state index contributed by atoms with van der Waals surface area (Å²) in [6.45, 7) is 2.11. The largest absolute Gasteiger partial charge is 0.469 e. The van der Waals surface area contributed by atoms with E-state index in [0.29, 0.717) is 12.0 Å². The SMILES string of the molecule is CC(CCc1ccco1)N=C(N)C1CC1. The van der Waals surface area contributed by atoms with Crippen LogP contribution >= 0.6 is 0 Å². The number of hydrogen-bond acceptors (Lipinski definition) is 2. The predicted molar refractivity (Wildman–Crippen MR) is 60.8 cm³/mol. The molecule has 82 valence electrons. The smallest absolute Gasteiger partial charge is 0.103 e. The van der Waals surface area contributed by atoms with Gasteiger partial charge in [-0.15, -0.1) is 0 Å². The van der Waals surface area contributed by atoms with Gasteiger partial charge in [0.25, 0.3) is 0 Å². The average Bonchev–Trinajstić information content (AvgIpc) is 2.93. The molecule has 15 heavy (non-hydrogen) atoms. The van der Waals surface area contributed by atoms with E-state index in [1.54, 1.807) is 6.26 Å². The third-order valence-electron chi connectivity index (χ3n) is 2.75. The summed E-state index contributed by atoms with van der Waals surface area (Å²) in [6.07, 6.45) is 6.10. The van der Waals surface area contributed by atoms with Gasteiger partial charge in [-0.2, -0.15) is 0 Å². The number of hydrogen-bond donors (Lipinski definition) is 1. The van der Waals surface area contributed by atoms with E-state index >= 15 is 0 Å². The molecule has 0 radical (unpaired) electrons. The molecule has 1 saturated carbocycles. The van der Waals surface area contributed by atoms with E-state index in [0.717, 1.165) is 24.4 Å². The lowest BCUT2D eigenvalue weighted by Crippen LogP contribution is -2.17. The molecule has 0 spiro atoms. The first kappa shape index (κ1) is 10.3. The lowest BCUT2D eigenvalue weighted by Gasteiger charge is -2.06. The Balaban J connectivity index is 1.76. The van der Waals surface area contributed by atoms with Crippen molar-refractivity contribution in [2.24, 2.45) is 16.6 Å². The second-order valence-corrected chi connectivity index (χ2v) is 4.30. The Labute approximate surface area is 90.4 Å². The number of nitrogens with zero attached hydrogens (tertiary/aromatic N) is 1. The van der Waals surface area contributed by atoms with Gasteiger partial charge in [-0.05, 0) is 38.3 Å². The minimum atomic E-state index is 0.302. The van der Waals surface area contributed by atoms with Crippen molar-refractivity contribution in [1.82, 2.24) is 0 Å². The lowest BCUT2D eigenvalue weighted by molar-refractivity contribution is 0.491. The molecule has 0 amide bonds. The first-order valence-corrected chi connectivity index (χ1v) is 5.61. The molecule has 0 aromatic carbocycles. The highest BCUT2D eigenvalue weighted by Crippen LogP contribution is 2.29. The van der Waals surface area contributed by atoms with Gasteiger partial charge < -0.3 is 10.2 Å². The van der Waals surface area contributed by atoms with Crippen LogP contribution in [0, 0.1) is 5.92 Å². The third-order valence-corrected chi connectivity index (χ3v) is 2.75. The highest BCUT2D eigenvalue weighted by atomic mass is 16.3. The molecule has 1 aromatic heterocycles. The van der Waals surface area contributed by atoms with E-state index in [2.05, 4.69) is 11.9 Å². The summed E-state index contributed by atoms with van der Waals surface area (Å²) in [5, 5.41) is 0. The second-order valence-electron chi connectivity index (χ2n) is 4.30. The predicted octanol–water partition coefficient (Wildman–Crippen LogP) is 2.37. The van der Waals surface area contributed by atoms with E-state index in [-0.39, 0.29) is 0 Å². The summed E-state index contributed by atoms with van der Waals surface area (Å²) in [7, 11) is 0. The van der Waals surface area contributed by atoms with E-state index in [1.807, 2.05) is 12.1 Å². The Kier molecular flexibility index (Phi) is 3.09. The molecule has 0 aliphatic heterocycles. The molecule has 1 heterocycles. The minimum absolute atomic E-state index is 0.302. The molecule has 2 N–H and O–H groups in total. The maximum absolute atomic E-state index is 5.86.